The van der Waals surface area contributed by atoms with Gasteiger partial charge in [0.1, 0.15) is 6.04 Å². The van der Waals surface area contributed by atoms with Crippen molar-refractivity contribution in [2.75, 3.05) is 37.7 Å². The first-order chi connectivity index (χ1) is 12.8. The predicted molar refractivity (Wildman–Crippen MR) is 104 cm³/mol. The number of amides is 2. The highest BCUT2D eigenvalue weighted by Crippen LogP contribution is 2.19. The maximum absolute atomic E-state index is 12.6. The van der Waals surface area contributed by atoms with Crippen LogP contribution >= 0.6 is 11.6 Å². The van der Waals surface area contributed by atoms with Crippen molar-refractivity contribution in [3.05, 3.63) is 34.9 Å². The van der Waals surface area contributed by atoms with Gasteiger partial charge >= 0.3 is 0 Å². The predicted octanol–water partition coefficient (Wildman–Crippen LogP) is 0.790. The maximum Gasteiger partial charge on any atom is 0.253 e. The molecule has 0 spiro atoms. The molecule has 0 unspecified atom stereocenters. The molecule has 2 aliphatic heterocycles. The van der Waals surface area contributed by atoms with Crippen LogP contribution in [0, 0.1) is 0 Å². The number of sulfone groups is 1. The summed E-state index contributed by atoms with van der Waals surface area (Å²) < 4.78 is 23.3. The summed E-state index contributed by atoms with van der Waals surface area (Å²) in [6.45, 7) is 4.02. The molecule has 0 bridgehead atoms. The van der Waals surface area contributed by atoms with E-state index >= 15 is 0 Å². The van der Waals surface area contributed by atoms with Crippen LogP contribution in [0.1, 0.15) is 23.7 Å². The molecule has 2 atom stereocenters. The van der Waals surface area contributed by atoms with E-state index < -0.39 is 15.9 Å². The van der Waals surface area contributed by atoms with Crippen LogP contribution in [0.15, 0.2) is 24.3 Å². The number of hydrogen-bond donors (Lipinski definition) is 1. The number of benzene rings is 1. The van der Waals surface area contributed by atoms with Gasteiger partial charge in [-0.25, -0.2) is 8.42 Å². The Morgan fingerprint density at radius 1 is 1.19 bits per heavy atom. The third kappa shape index (κ3) is 4.80. The summed E-state index contributed by atoms with van der Waals surface area (Å²) in [5.41, 5.74) is 0.339. The summed E-state index contributed by atoms with van der Waals surface area (Å²) in [6, 6.07) is 6.10. The highest BCUT2D eigenvalue weighted by atomic mass is 35.5. The smallest absolute Gasteiger partial charge is 0.253 e. The highest BCUT2D eigenvalue weighted by Gasteiger charge is 2.35. The van der Waals surface area contributed by atoms with Crippen molar-refractivity contribution in [1.29, 1.82) is 0 Å². The Balaban J connectivity index is 1.51. The van der Waals surface area contributed by atoms with Crippen molar-refractivity contribution < 1.29 is 18.0 Å². The minimum Gasteiger partial charge on any atom is -0.340 e. The molecule has 0 aliphatic carbocycles. The lowest BCUT2D eigenvalue weighted by atomic mass is 10.1. The lowest BCUT2D eigenvalue weighted by molar-refractivity contribution is -0.134. The van der Waals surface area contributed by atoms with Crippen LogP contribution in [0.5, 0.6) is 0 Å². The molecule has 1 aromatic rings. The Kier molecular flexibility index (Phi) is 6.08. The van der Waals surface area contributed by atoms with Crippen molar-refractivity contribution in [3.63, 3.8) is 0 Å². The Hall–Kier alpha value is -1.64. The van der Waals surface area contributed by atoms with Gasteiger partial charge in [-0.1, -0.05) is 23.7 Å². The zero-order chi connectivity index (χ0) is 19.6. The average molecular weight is 414 g/mol. The summed E-state index contributed by atoms with van der Waals surface area (Å²) >= 11 is 6.02. The molecule has 1 N–H and O–H groups in total. The Bertz CT molecular complexity index is 822. The summed E-state index contributed by atoms with van der Waals surface area (Å²) in [5.74, 6) is -0.0574. The first kappa shape index (κ1) is 20.1. The van der Waals surface area contributed by atoms with E-state index in [0.717, 1.165) is 0 Å². The van der Waals surface area contributed by atoms with Gasteiger partial charge < -0.3 is 10.2 Å². The number of nitrogens with zero attached hydrogens (tertiary/aromatic N) is 2. The molecule has 1 aromatic carbocycles. The number of piperazine rings is 1. The van der Waals surface area contributed by atoms with Crippen molar-refractivity contribution in [3.8, 4) is 0 Å². The summed E-state index contributed by atoms with van der Waals surface area (Å²) in [7, 11) is -2.91. The monoisotopic (exact) mass is 413 g/mol. The zero-order valence-corrected chi connectivity index (χ0v) is 16.8. The molecule has 2 saturated heterocycles. The Labute approximate surface area is 164 Å². The molecule has 2 aliphatic rings. The maximum atomic E-state index is 12.6. The van der Waals surface area contributed by atoms with Crippen molar-refractivity contribution in [2.45, 2.75) is 25.4 Å². The van der Waals surface area contributed by atoms with Crippen LogP contribution in [-0.4, -0.2) is 79.8 Å². The topological polar surface area (TPSA) is 86.8 Å². The van der Waals surface area contributed by atoms with E-state index in [9.17, 15) is 18.0 Å². The van der Waals surface area contributed by atoms with E-state index in [2.05, 4.69) is 10.2 Å². The van der Waals surface area contributed by atoms with Gasteiger partial charge in [0.2, 0.25) is 5.91 Å². The normalized spacial score (nSPS) is 23.8. The zero-order valence-electron chi connectivity index (χ0n) is 15.2. The molecule has 3 rings (SSSR count). The number of nitrogens with one attached hydrogen (secondary N) is 1. The van der Waals surface area contributed by atoms with Gasteiger partial charge in [-0.2, -0.15) is 0 Å². The molecule has 2 amide bonds. The van der Waals surface area contributed by atoms with E-state index in [1.165, 1.54) is 0 Å². The van der Waals surface area contributed by atoms with E-state index in [4.69, 9.17) is 11.6 Å². The van der Waals surface area contributed by atoms with E-state index in [-0.39, 0.29) is 29.4 Å². The van der Waals surface area contributed by atoms with Gasteiger partial charge in [-0.3, -0.25) is 14.5 Å². The summed E-state index contributed by atoms with van der Waals surface area (Å²) in [4.78, 5) is 28.8. The van der Waals surface area contributed by atoms with Gasteiger partial charge in [0.15, 0.2) is 9.84 Å². The van der Waals surface area contributed by atoms with Crippen LogP contribution in [0.25, 0.3) is 0 Å². The van der Waals surface area contributed by atoms with Crippen molar-refractivity contribution in [2.24, 2.45) is 0 Å². The van der Waals surface area contributed by atoms with E-state index in [1.807, 2.05) is 0 Å². The molecule has 2 heterocycles. The summed E-state index contributed by atoms with van der Waals surface area (Å²) in [5, 5.41) is 3.05. The minimum atomic E-state index is -2.91. The van der Waals surface area contributed by atoms with Gasteiger partial charge in [-0.05, 0) is 25.5 Å². The Morgan fingerprint density at radius 3 is 2.44 bits per heavy atom. The number of halogens is 1. The van der Waals surface area contributed by atoms with Gasteiger partial charge in [0.05, 0.1) is 22.1 Å². The van der Waals surface area contributed by atoms with Gasteiger partial charge in [0, 0.05) is 32.2 Å². The third-order valence-corrected chi connectivity index (χ3v) is 7.27. The quantitative estimate of drug-likeness (QED) is 0.788. The first-order valence-corrected chi connectivity index (χ1v) is 11.3. The second-order valence-electron chi connectivity index (χ2n) is 7.09. The van der Waals surface area contributed by atoms with Crippen LogP contribution in [0.2, 0.25) is 5.02 Å². The number of hydrogen-bond acceptors (Lipinski definition) is 5. The fraction of sp³-hybridized carbons (Fsp3) is 0.556. The minimum absolute atomic E-state index is 0.0598. The second-order valence-corrected chi connectivity index (χ2v) is 9.73. The number of carbonyl (C=O) groups excluding carboxylic acids is 2. The first-order valence-electron chi connectivity index (χ1n) is 9.05. The molecular weight excluding hydrogens is 390 g/mol. The molecule has 7 nitrogen and oxygen atoms in total. The molecule has 148 valence electrons. The van der Waals surface area contributed by atoms with Crippen LogP contribution in [0.4, 0.5) is 0 Å². The molecule has 9 heteroatoms. The average Bonchev–Trinajstić information content (AvgIpc) is 3.01. The van der Waals surface area contributed by atoms with Crippen molar-refractivity contribution in [1.82, 2.24) is 15.1 Å². The molecule has 0 aromatic heterocycles. The van der Waals surface area contributed by atoms with Gasteiger partial charge in [-0.15, -0.1) is 0 Å². The lowest BCUT2D eigenvalue weighted by Gasteiger charge is -2.38. The van der Waals surface area contributed by atoms with E-state index in [1.54, 1.807) is 36.1 Å². The third-order valence-electron chi connectivity index (χ3n) is 5.19. The molecule has 27 heavy (non-hydrogen) atoms. The van der Waals surface area contributed by atoms with Crippen LogP contribution in [-0.2, 0) is 14.6 Å². The molecule has 2 fully saturated rings. The second kappa shape index (κ2) is 8.16. The van der Waals surface area contributed by atoms with E-state index in [0.29, 0.717) is 43.2 Å². The highest BCUT2D eigenvalue weighted by molar-refractivity contribution is 7.91. The van der Waals surface area contributed by atoms with Crippen molar-refractivity contribution >= 4 is 33.3 Å². The molecular formula is C18H24ClN3O4S. The fourth-order valence-corrected chi connectivity index (χ4v) is 5.61. The lowest BCUT2D eigenvalue weighted by Crippen LogP contribution is -2.56. The molecule has 0 radical (unpaired) electrons. The van der Waals surface area contributed by atoms with Crippen LogP contribution in [0.3, 0.4) is 0 Å². The largest absolute Gasteiger partial charge is 0.340 e. The van der Waals surface area contributed by atoms with Crippen LogP contribution < -0.4 is 5.32 Å². The fourth-order valence-electron chi connectivity index (χ4n) is 3.63. The standard InChI is InChI=1S/C18H24ClN3O4S/c1-13(20-17(23)15-4-2-3-5-16(15)19)18(24)22-9-7-21(8-10-22)14-6-11-27(25,26)12-14/h2-5,13-14H,6-12H2,1H3,(H,20,23)/t13-,14-/m0/s1. The SMILES string of the molecule is C[C@H](NC(=O)c1ccccc1Cl)C(=O)N1CCN([C@H]2CCS(=O)(=O)C2)CC1. The number of rotatable bonds is 4. The summed E-state index contributed by atoms with van der Waals surface area (Å²) in [6.07, 6.45) is 0.667. The number of carbonyl (C=O) groups is 2. The van der Waals surface area contributed by atoms with Gasteiger partial charge in [0.25, 0.3) is 5.91 Å². The Morgan fingerprint density at radius 2 is 1.85 bits per heavy atom. The molecule has 0 saturated carbocycles.